The van der Waals surface area contributed by atoms with Crippen molar-refractivity contribution in [1.29, 1.82) is 0 Å². The number of nitrogens with two attached hydrogens (primary N) is 1. The lowest BCUT2D eigenvalue weighted by Gasteiger charge is -2.16. The zero-order chi connectivity index (χ0) is 11.4. The minimum atomic E-state index is -0.564. The molecule has 1 rings (SSSR count). The van der Waals surface area contributed by atoms with Gasteiger partial charge >= 0.3 is 0 Å². The van der Waals surface area contributed by atoms with Crippen LogP contribution in [0.25, 0.3) is 0 Å². The van der Waals surface area contributed by atoms with Crippen molar-refractivity contribution in [2.24, 2.45) is 5.73 Å². The molecular weight excluding hydrogens is 200 g/mol. The van der Waals surface area contributed by atoms with Gasteiger partial charge in [-0.3, -0.25) is 29.5 Å². The van der Waals surface area contributed by atoms with Gasteiger partial charge < -0.3 is 5.73 Å². The average molecular weight is 212 g/mol. The molecule has 1 heterocycles. The van der Waals surface area contributed by atoms with Gasteiger partial charge in [0.25, 0.3) is 11.5 Å². The van der Waals surface area contributed by atoms with E-state index in [1.54, 1.807) is 0 Å². The van der Waals surface area contributed by atoms with Gasteiger partial charge in [-0.1, -0.05) is 0 Å². The van der Waals surface area contributed by atoms with Gasteiger partial charge in [-0.15, -0.1) is 0 Å². The van der Waals surface area contributed by atoms with E-state index in [9.17, 15) is 14.4 Å². The molecule has 0 aliphatic carbocycles. The van der Waals surface area contributed by atoms with Gasteiger partial charge in [0.1, 0.15) is 5.69 Å². The number of aromatic nitrogens is 2. The molecule has 4 N–H and O–H groups in total. The quantitative estimate of drug-likeness (QED) is 0.575. The molecule has 0 radical (unpaired) electrons. The number of aromatic amines is 2. The molecule has 1 aromatic heterocycles. The predicted octanol–water partition coefficient (Wildman–Crippen LogP) is -1.35. The third-order valence-electron chi connectivity index (χ3n) is 1.80. The van der Waals surface area contributed by atoms with E-state index >= 15 is 0 Å². The maximum Gasteiger partial charge on any atom is 0.278 e. The molecule has 7 heteroatoms. The highest BCUT2D eigenvalue weighted by molar-refractivity contribution is 6.02. The van der Waals surface area contributed by atoms with Crippen molar-refractivity contribution in [3.05, 3.63) is 22.1 Å². The molecule has 0 spiro atoms. The molecule has 0 bridgehead atoms. The Morgan fingerprint density at radius 2 is 2.13 bits per heavy atom. The summed E-state index contributed by atoms with van der Waals surface area (Å²) in [5.74, 6) is -0.973. The lowest BCUT2D eigenvalue weighted by Crippen LogP contribution is -2.39. The van der Waals surface area contributed by atoms with Crippen LogP contribution in [-0.2, 0) is 4.79 Å². The van der Waals surface area contributed by atoms with E-state index < -0.39 is 17.4 Å². The number of nitrogens with zero attached hydrogens (tertiary/aromatic N) is 1. The summed E-state index contributed by atoms with van der Waals surface area (Å²) in [5.41, 5.74) is 4.89. The Morgan fingerprint density at radius 1 is 1.47 bits per heavy atom. The maximum atomic E-state index is 11.6. The fourth-order valence-electron chi connectivity index (χ4n) is 1.12. The topological polar surface area (TPSA) is 112 Å². The summed E-state index contributed by atoms with van der Waals surface area (Å²) in [6.07, 6.45) is 0. The zero-order valence-corrected chi connectivity index (χ0v) is 8.24. The first-order valence-corrected chi connectivity index (χ1v) is 4.36. The number of rotatable bonds is 3. The van der Waals surface area contributed by atoms with Crippen LogP contribution in [0.3, 0.4) is 0 Å². The Balaban J connectivity index is 2.90. The summed E-state index contributed by atoms with van der Waals surface area (Å²) < 4.78 is 0. The van der Waals surface area contributed by atoms with Gasteiger partial charge in [-0.05, 0) is 0 Å². The summed E-state index contributed by atoms with van der Waals surface area (Å²) in [6, 6.07) is 1.09. The summed E-state index contributed by atoms with van der Waals surface area (Å²) in [7, 11) is 0. The molecule has 7 nitrogen and oxygen atoms in total. The third-order valence-corrected chi connectivity index (χ3v) is 1.80. The van der Waals surface area contributed by atoms with Gasteiger partial charge in [0.05, 0.1) is 0 Å². The molecule has 0 saturated heterocycles. The highest BCUT2D eigenvalue weighted by atomic mass is 16.2. The summed E-state index contributed by atoms with van der Waals surface area (Å²) >= 11 is 0. The van der Waals surface area contributed by atoms with Crippen LogP contribution in [0.15, 0.2) is 10.9 Å². The predicted molar refractivity (Wildman–Crippen MR) is 52.2 cm³/mol. The molecule has 0 atom stereocenters. The SMILES string of the molecule is CC(=O)N(CCN)C(=O)c1cc(=O)[nH][nH]1. The average Bonchev–Trinajstić information content (AvgIpc) is 2.59. The fourth-order valence-corrected chi connectivity index (χ4v) is 1.12. The van der Waals surface area contributed by atoms with Crippen LogP contribution in [0.1, 0.15) is 17.4 Å². The first-order valence-electron chi connectivity index (χ1n) is 4.36. The minimum Gasteiger partial charge on any atom is -0.329 e. The number of carbonyl (C=O) groups is 2. The summed E-state index contributed by atoms with van der Waals surface area (Å²) in [6.45, 7) is 1.57. The smallest absolute Gasteiger partial charge is 0.278 e. The van der Waals surface area contributed by atoms with E-state index in [0.717, 1.165) is 11.0 Å². The highest BCUT2D eigenvalue weighted by Crippen LogP contribution is 1.98. The van der Waals surface area contributed by atoms with Crippen LogP contribution in [0.4, 0.5) is 0 Å². The lowest BCUT2D eigenvalue weighted by molar-refractivity contribution is -0.126. The molecule has 2 amide bonds. The minimum absolute atomic E-state index is 0.0450. The normalized spacial score (nSPS) is 10.0. The second-order valence-electron chi connectivity index (χ2n) is 2.94. The molecule has 0 unspecified atom stereocenters. The molecule has 0 fully saturated rings. The van der Waals surface area contributed by atoms with Crippen molar-refractivity contribution >= 4 is 11.8 Å². The number of nitrogens with one attached hydrogen (secondary N) is 2. The van der Waals surface area contributed by atoms with Crippen molar-refractivity contribution in [3.63, 3.8) is 0 Å². The van der Waals surface area contributed by atoms with Crippen molar-refractivity contribution < 1.29 is 9.59 Å². The monoisotopic (exact) mass is 212 g/mol. The number of carbonyl (C=O) groups excluding carboxylic acids is 2. The number of hydrogen-bond donors (Lipinski definition) is 3. The van der Waals surface area contributed by atoms with Gasteiger partial charge in [0.15, 0.2) is 0 Å². The summed E-state index contributed by atoms with van der Waals surface area (Å²) in [4.78, 5) is 34.5. The van der Waals surface area contributed by atoms with E-state index in [2.05, 4.69) is 10.2 Å². The van der Waals surface area contributed by atoms with E-state index in [0.29, 0.717) is 0 Å². The Labute approximate surface area is 85.2 Å². The van der Waals surface area contributed by atoms with E-state index in [-0.39, 0.29) is 18.8 Å². The molecule has 0 aromatic carbocycles. The van der Waals surface area contributed by atoms with Crippen molar-refractivity contribution in [2.75, 3.05) is 13.1 Å². The Bertz CT molecular complexity index is 420. The number of imide groups is 1. The summed E-state index contributed by atoms with van der Waals surface area (Å²) in [5, 5.41) is 4.59. The fraction of sp³-hybridized carbons (Fsp3) is 0.375. The first-order chi connectivity index (χ1) is 7.06. The number of amides is 2. The Kier molecular flexibility index (Phi) is 3.40. The largest absolute Gasteiger partial charge is 0.329 e. The van der Waals surface area contributed by atoms with Crippen LogP contribution in [0, 0.1) is 0 Å². The molecule has 15 heavy (non-hydrogen) atoms. The standard InChI is InChI=1S/C8H12N4O3/c1-5(13)12(3-2-9)8(15)6-4-7(14)11-10-6/h4H,2-3,9H2,1H3,(H2,10,11,14). The Hall–Kier alpha value is -1.89. The van der Waals surface area contributed by atoms with Gasteiger partial charge in [-0.2, -0.15) is 0 Å². The number of hydrogen-bond acceptors (Lipinski definition) is 4. The van der Waals surface area contributed by atoms with Crippen LogP contribution in [0.2, 0.25) is 0 Å². The van der Waals surface area contributed by atoms with Crippen LogP contribution in [0.5, 0.6) is 0 Å². The molecule has 0 aliphatic rings. The van der Waals surface area contributed by atoms with Gasteiger partial charge in [0, 0.05) is 26.1 Å². The van der Waals surface area contributed by atoms with Gasteiger partial charge in [-0.25, -0.2) is 0 Å². The third kappa shape index (κ3) is 2.53. The first kappa shape index (κ1) is 11.2. The van der Waals surface area contributed by atoms with Crippen molar-refractivity contribution in [1.82, 2.24) is 15.1 Å². The Morgan fingerprint density at radius 3 is 2.53 bits per heavy atom. The van der Waals surface area contributed by atoms with Crippen molar-refractivity contribution in [2.45, 2.75) is 6.92 Å². The second kappa shape index (κ2) is 4.56. The van der Waals surface area contributed by atoms with E-state index in [4.69, 9.17) is 5.73 Å². The molecule has 82 valence electrons. The van der Waals surface area contributed by atoms with E-state index in [1.807, 2.05) is 0 Å². The molecular formula is C8H12N4O3. The molecule has 0 aliphatic heterocycles. The zero-order valence-electron chi connectivity index (χ0n) is 8.24. The second-order valence-corrected chi connectivity index (χ2v) is 2.94. The molecule has 1 aromatic rings. The van der Waals surface area contributed by atoms with Gasteiger partial charge in [0.2, 0.25) is 5.91 Å². The van der Waals surface area contributed by atoms with E-state index in [1.165, 1.54) is 6.92 Å². The van der Waals surface area contributed by atoms with Crippen LogP contribution >= 0.6 is 0 Å². The van der Waals surface area contributed by atoms with Crippen LogP contribution in [-0.4, -0.2) is 40.0 Å². The van der Waals surface area contributed by atoms with Crippen molar-refractivity contribution in [3.8, 4) is 0 Å². The number of H-pyrrole nitrogens is 2. The van der Waals surface area contributed by atoms with Crippen LogP contribution < -0.4 is 11.3 Å². The highest BCUT2D eigenvalue weighted by Gasteiger charge is 2.20. The lowest BCUT2D eigenvalue weighted by atomic mass is 10.3. The maximum absolute atomic E-state index is 11.6. The molecule has 0 saturated carbocycles.